The van der Waals surface area contributed by atoms with Crippen LogP contribution in [0.1, 0.15) is 32.3 Å². The van der Waals surface area contributed by atoms with Crippen molar-refractivity contribution in [2.75, 3.05) is 0 Å². The molecular weight excluding hydrogens is 268 g/mol. The Kier molecular flexibility index (Phi) is 4.35. The largest absolute Gasteiger partial charge is 0.481 e. The van der Waals surface area contributed by atoms with Gasteiger partial charge in [0.15, 0.2) is 5.82 Å². The van der Waals surface area contributed by atoms with E-state index >= 15 is 0 Å². The Labute approximate surface area is 123 Å². The average Bonchev–Trinajstić information content (AvgIpc) is 2.92. The number of hydrogen-bond acceptors (Lipinski definition) is 4. The number of tetrazole rings is 1. The van der Waals surface area contributed by atoms with Gasteiger partial charge in [0.1, 0.15) is 0 Å². The molecule has 6 heteroatoms. The molecule has 0 atom stereocenters. The van der Waals surface area contributed by atoms with Gasteiger partial charge in [0.2, 0.25) is 0 Å². The summed E-state index contributed by atoms with van der Waals surface area (Å²) in [6.07, 6.45) is 1.07. The van der Waals surface area contributed by atoms with Crippen molar-refractivity contribution in [2.45, 2.75) is 40.2 Å². The third-order valence-corrected chi connectivity index (χ3v) is 4.07. The van der Waals surface area contributed by atoms with Gasteiger partial charge in [-0.3, -0.25) is 4.79 Å². The lowest BCUT2D eigenvalue weighted by atomic mass is 9.82. The minimum Gasteiger partial charge on any atom is -0.481 e. The first-order valence-electron chi connectivity index (χ1n) is 7.09. The van der Waals surface area contributed by atoms with Gasteiger partial charge in [-0.1, -0.05) is 37.6 Å². The number of aliphatic carboxylic acids is 1. The standard InChI is InChI=1S/C15H20N4O2/c1-4-15(5-2,14(20)21)10-19-13(16-17-18-19)12-8-6-7-11(3)9-12/h6-9H,4-5,10H2,1-3H3,(H,20,21). The number of benzene rings is 1. The Morgan fingerprint density at radius 2 is 2.05 bits per heavy atom. The molecule has 112 valence electrons. The van der Waals surface area contributed by atoms with E-state index in [0.717, 1.165) is 11.1 Å². The van der Waals surface area contributed by atoms with Crippen molar-refractivity contribution in [2.24, 2.45) is 5.41 Å². The van der Waals surface area contributed by atoms with E-state index in [1.54, 1.807) is 4.68 Å². The zero-order valence-corrected chi connectivity index (χ0v) is 12.6. The third kappa shape index (κ3) is 2.94. The molecule has 0 aliphatic heterocycles. The second-order valence-electron chi connectivity index (χ2n) is 5.32. The molecule has 6 nitrogen and oxygen atoms in total. The normalized spacial score (nSPS) is 11.6. The molecule has 0 fully saturated rings. The van der Waals surface area contributed by atoms with E-state index in [1.165, 1.54) is 0 Å². The zero-order chi connectivity index (χ0) is 15.5. The lowest BCUT2D eigenvalue weighted by Gasteiger charge is -2.26. The van der Waals surface area contributed by atoms with Crippen molar-refractivity contribution >= 4 is 5.97 Å². The predicted molar refractivity (Wildman–Crippen MR) is 78.6 cm³/mol. The number of rotatable bonds is 6. The van der Waals surface area contributed by atoms with E-state index in [4.69, 9.17) is 0 Å². The van der Waals surface area contributed by atoms with Gasteiger partial charge < -0.3 is 5.11 Å². The summed E-state index contributed by atoms with van der Waals surface area (Å²) in [5, 5.41) is 21.3. The van der Waals surface area contributed by atoms with Crippen LogP contribution in [-0.4, -0.2) is 31.3 Å². The van der Waals surface area contributed by atoms with E-state index in [0.29, 0.717) is 18.7 Å². The lowest BCUT2D eigenvalue weighted by molar-refractivity contribution is -0.150. The highest BCUT2D eigenvalue weighted by Gasteiger charge is 2.36. The van der Waals surface area contributed by atoms with E-state index < -0.39 is 11.4 Å². The molecule has 1 N–H and O–H groups in total. The molecule has 0 amide bonds. The van der Waals surface area contributed by atoms with Gasteiger partial charge in [0.05, 0.1) is 12.0 Å². The first-order chi connectivity index (χ1) is 10.0. The van der Waals surface area contributed by atoms with Crippen LogP contribution in [-0.2, 0) is 11.3 Å². The van der Waals surface area contributed by atoms with Crippen molar-refractivity contribution in [3.8, 4) is 11.4 Å². The van der Waals surface area contributed by atoms with Crippen LogP contribution in [0.15, 0.2) is 24.3 Å². The summed E-state index contributed by atoms with van der Waals surface area (Å²) in [6.45, 7) is 6.03. The number of hydrogen-bond donors (Lipinski definition) is 1. The Balaban J connectivity index is 2.39. The summed E-state index contributed by atoms with van der Waals surface area (Å²) >= 11 is 0. The minimum absolute atomic E-state index is 0.269. The number of carbonyl (C=O) groups is 1. The van der Waals surface area contributed by atoms with Crippen molar-refractivity contribution in [3.63, 3.8) is 0 Å². The van der Waals surface area contributed by atoms with E-state index in [9.17, 15) is 9.90 Å². The van der Waals surface area contributed by atoms with Crippen LogP contribution in [0.3, 0.4) is 0 Å². The molecule has 0 bridgehead atoms. The van der Waals surface area contributed by atoms with Gasteiger partial charge in [-0.05, 0) is 36.3 Å². The van der Waals surface area contributed by atoms with Gasteiger partial charge in [-0.25, -0.2) is 4.68 Å². The highest BCUT2D eigenvalue weighted by molar-refractivity contribution is 5.74. The molecule has 0 radical (unpaired) electrons. The fourth-order valence-corrected chi connectivity index (χ4v) is 2.43. The molecule has 1 heterocycles. The Morgan fingerprint density at radius 3 is 2.62 bits per heavy atom. The molecule has 0 unspecified atom stereocenters. The van der Waals surface area contributed by atoms with Crippen LogP contribution in [0.25, 0.3) is 11.4 Å². The molecule has 2 rings (SSSR count). The highest BCUT2D eigenvalue weighted by atomic mass is 16.4. The molecule has 21 heavy (non-hydrogen) atoms. The summed E-state index contributed by atoms with van der Waals surface area (Å²) in [5.41, 5.74) is 1.16. The highest BCUT2D eigenvalue weighted by Crippen LogP contribution is 2.30. The monoisotopic (exact) mass is 288 g/mol. The van der Waals surface area contributed by atoms with Gasteiger partial charge in [0, 0.05) is 5.56 Å². The molecule has 0 saturated heterocycles. The molecule has 0 spiro atoms. The van der Waals surface area contributed by atoms with Crippen LogP contribution in [0.5, 0.6) is 0 Å². The number of nitrogens with zero attached hydrogens (tertiary/aromatic N) is 4. The summed E-state index contributed by atoms with van der Waals surface area (Å²) in [5.74, 6) is -0.204. The van der Waals surface area contributed by atoms with E-state index in [-0.39, 0.29) is 6.54 Å². The van der Waals surface area contributed by atoms with Crippen LogP contribution in [0.2, 0.25) is 0 Å². The van der Waals surface area contributed by atoms with Crippen LogP contribution < -0.4 is 0 Å². The van der Waals surface area contributed by atoms with Gasteiger partial charge >= 0.3 is 5.97 Å². The molecule has 2 aromatic rings. The Bertz CT molecular complexity index is 632. The summed E-state index contributed by atoms with van der Waals surface area (Å²) < 4.78 is 1.59. The summed E-state index contributed by atoms with van der Waals surface area (Å²) in [4.78, 5) is 11.6. The SMILES string of the molecule is CCC(CC)(Cn1nnnc1-c1cccc(C)c1)C(=O)O. The first kappa shape index (κ1) is 15.2. The van der Waals surface area contributed by atoms with Crippen LogP contribution in [0, 0.1) is 12.3 Å². The van der Waals surface area contributed by atoms with Gasteiger partial charge in [-0.2, -0.15) is 0 Å². The van der Waals surface area contributed by atoms with Gasteiger partial charge in [-0.15, -0.1) is 5.10 Å². The third-order valence-electron chi connectivity index (χ3n) is 4.07. The number of carboxylic acids is 1. The Morgan fingerprint density at radius 1 is 1.33 bits per heavy atom. The van der Waals surface area contributed by atoms with Crippen LogP contribution in [0.4, 0.5) is 0 Å². The van der Waals surface area contributed by atoms with Crippen LogP contribution >= 0.6 is 0 Å². The second kappa shape index (κ2) is 6.03. The number of aryl methyl sites for hydroxylation is 1. The van der Waals surface area contributed by atoms with Gasteiger partial charge in [0.25, 0.3) is 0 Å². The van der Waals surface area contributed by atoms with E-state index in [1.807, 2.05) is 45.0 Å². The summed E-state index contributed by atoms with van der Waals surface area (Å²) in [6, 6.07) is 7.85. The fraction of sp³-hybridized carbons (Fsp3) is 0.467. The maximum absolute atomic E-state index is 11.6. The molecule has 0 saturated carbocycles. The average molecular weight is 288 g/mol. The fourth-order valence-electron chi connectivity index (χ4n) is 2.43. The zero-order valence-electron chi connectivity index (χ0n) is 12.6. The maximum atomic E-state index is 11.6. The Hall–Kier alpha value is -2.24. The molecule has 1 aromatic carbocycles. The topological polar surface area (TPSA) is 80.9 Å². The molecule has 0 aliphatic rings. The van der Waals surface area contributed by atoms with Crippen molar-refractivity contribution in [3.05, 3.63) is 29.8 Å². The molecule has 0 aliphatic carbocycles. The maximum Gasteiger partial charge on any atom is 0.311 e. The second-order valence-corrected chi connectivity index (χ2v) is 5.32. The quantitative estimate of drug-likeness (QED) is 0.883. The predicted octanol–water partition coefficient (Wildman–Crippen LogP) is 2.54. The first-order valence-corrected chi connectivity index (χ1v) is 7.09. The van der Waals surface area contributed by atoms with Crippen molar-refractivity contribution in [1.82, 2.24) is 20.2 Å². The van der Waals surface area contributed by atoms with Crippen molar-refractivity contribution < 1.29 is 9.90 Å². The molecular formula is C15H20N4O2. The van der Waals surface area contributed by atoms with Crippen molar-refractivity contribution in [1.29, 1.82) is 0 Å². The molecule has 1 aromatic heterocycles. The number of aromatic nitrogens is 4. The summed E-state index contributed by atoms with van der Waals surface area (Å²) in [7, 11) is 0. The lowest BCUT2D eigenvalue weighted by Crippen LogP contribution is -2.35. The van der Waals surface area contributed by atoms with E-state index in [2.05, 4.69) is 15.5 Å². The minimum atomic E-state index is -0.839. The smallest absolute Gasteiger partial charge is 0.311 e. The number of carboxylic acid groups (broad SMARTS) is 1.